The molecule has 0 aliphatic carbocycles. The van der Waals surface area contributed by atoms with Crippen LogP contribution < -0.4 is 5.32 Å². The number of alkyl halides is 4. The fourth-order valence-corrected chi connectivity index (χ4v) is 6.00. The van der Waals surface area contributed by atoms with Gasteiger partial charge in [0.15, 0.2) is 15.5 Å². The number of nitrogens with one attached hydrogen (secondary N) is 1. The smallest absolute Gasteiger partial charge is 0.334 e. The summed E-state index contributed by atoms with van der Waals surface area (Å²) in [5.41, 5.74) is -1.58. The Morgan fingerprint density at radius 3 is 2.55 bits per heavy atom. The minimum absolute atomic E-state index is 0.0340. The third-order valence-corrected chi connectivity index (χ3v) is 8.01. The van der Waals surface area contributed by atoms with Gasteiger partial charge in [-0.1, -0.05) is 35.9 Å². The number of likely N-dealkylation sites (tertiary alicyclic amines) is 2. The zero-order valence-electron chi connectivity index (χ0n) is 21.2. The number of amides is 2. The number of halogens is 5. The van der Waals surface area contributed by atoms with Gasteiger partial charge in [0, 0.05) is 61.2 Å². The van der Waals surface area contributed by atoms with Crippen molar-refractivity contribution in [3.8, 4) is 0 Å². The molecule has 2 heterocycles. The first-order valence-corrected chi connectivity index (χ1v) is 15.0. The Bertz CT molecular complexity index is 1160. The monoisotopic (exact) mass is 597 g/mol. The molecule has 212 valence electrons. The number of carbonyl (C=O) groups excluding carboxylic acids is 2. The molecule has 4 atom stereocenters. The van der Waals surface area contributed by atoms with E-state index in [9.17, 15) is 26.8 Å². The molecule has 2 aliphatic rings. The van der Waals surface area contributed by atoms with Crippen LogP contribution in [0.15, 0.2) is 35.7 Å². The predicted octanol–water partition coefficient (Wildman–Crippen LogP) is 3.97. The van der Waals surface area contributed by atoms with Crippen molar-refractivity contribution in [3.05, 3.63) is 46.3 Å². The van der Waals surface area contributed by atoms with Gasteiger partial charge in [-0.15, -0.1) is 0 Å². The van der Waals surface area contributed by atoms with Gasteiger partial charge >= 0.3 is 5.38 Å². The first-order valence-electron chi connectivity index (χ1n) is 12.3. The Morgan fingerprint density at radius 1 is 1.24 bits per heavy atom. The highest BCUT2D eigenvalue weighted by atomic mass is 35.5. The molecule has 7 nitrogen and oxygen atoms in total. The van der Waals surface area contributed by atoms with E-state index in [1.54, 1.807) is 24.3 Å². The Hall–Kier alpha value is -1.82. The number of hydrogen-bond donors (Lipinski definition) is 1. The van der Waals surface area contributed by atoms with Crippen LogP contribution in [-0.4, -0.2) is 86.1 Å². The average molecular weight is 599 g/mol. The second kappa shape index (κ2) is 12.1. The van der Waals surface area contributed by atoms with Gasteiger partial charge in [0.05, 0.1) is 12.5 Å². The first kappa shape index (κ1) is 30.7. The fraction of sp³-hybridized carbons (Fsp3) is 0.600. The summed E-state index contributed by atoms with van der Waals surface area (Å²) in [4.78, 5) is 29.3. The fourth-order valence-electron chi connectivity index (χ4n) is 5.03. The van der Waals surface area contributed by atoms with E-state index in [1.807, 2.05) is 0 Å². The lowest BCUT2D eigenvalue weighted by atomic mass is 9.87. The molecule has 38 heavy (non-hydrogen) atoms. The molecule has 2 amide bonds. The van der Waals surface area contributed by atoms with Crippen molar-refractivity contribution >= 4 is 44.9 Å². The quantitative estimate of drug-likeness (QED) is 0.458. The number of hydrogen-bond acceptors (Lipinski definition) is 5. The van der Waals surface area contributed by atoms with Gasteiger partial charge in [-0.05, 0) is 43.0 Å². The van der Waals surface area contributed by atoms with Crippen molar-refractivity contribution in [2.75, 3.05) is 39.0 Å². The molecule has 0 saturated carbocycles. The highest BCUT2D eigenvalue weighted by Gasteiger charge is 2.46. The van der Waals surface area contributed by atoms with Crippen LogP contribution in [0, 0.1) is 5.92 Å². The minimum Gasteiger partial charge on any atom is -0.347 e. The van der Waals surface area contributed by atoms with Crippen LogP contribution in [0.4, 0.5) is 13.2 Å². The maximum Gasteiger partial charge on any atom is 0.334 e. The summed E-state index contributed by atoms with van der Waals surface area (Å²) in [6, 6.07) is 6.21. The Balaban J connectivity index is 1.72. The molecular weight excluding hydrogens is 566 g/mol. The van der Waals surface area contributed by atoms with Crippen molar-refractivity contribution in [1.29, 1.82) is 0 Å². The summed E-state index contributed by atoms with van der Waals surface area (Å²) < 4.78 is 65.4. The molecule has 0 unspecified atom stereocenters. The molecule has 13 heteroatoms. The number of benzene rings is 1. The van der Waals surface area contributed by atoms with Crippen LogP contribution in [0.25, 0.3) is 0 Å². The summed E-state index contributed by atoms with van der Waals surface area (Å²) in [7, 11) is -3.40. The van der Waals surface area contributed by atoms with E-state index in [0.29, 0.717) is 10.6 Å². The molecule has 1 aromatic rings. The maximum absolute atomic E-state index is 15.7. The molecular formula is C25H32Cl2F3N3O4S. The van der Waals surface area contributed by atoms with E-state index in [0.717, 1.165) is 11.7 Å². The maximum atomic E-state index is 15.7. The number of rotatable bonds is 8. The Kier molecular flexibility index (Phi) is 9.82. The molecule has 3 rings (SSSR count). The largest absolute Gasteiger partial charge is 0.347 e. The molecule has 2 fully saturated rings. The van der Waals surface area contributed by atoms with Gasteiger partial charge in [0.2, 0.25) is 5.91 Å². The minimum atomic E-state index is -3.46. The second-order valence-corrected chi connectivity index (χ2v) is 13.0. The van der Waals surface area contributed by atoms with E-state index in [1.165, 1.54) is 22.8 Å². The number of sulfone groups is 1. The standard InChI is InChI=1S/C25H32Cl2F3N3O4S/c1-17(8-13-38(2,36)37)31-23(35)24(28)9-5-11-33(12-10-24)22(34)20-15-32(16-25(27,29)30)14-19(20)18-6-3-4-7-21(18)26/h3-4,6-8,13,17,19-20H,5,9-12,14-16H2,1-2H3,(H,31,35)/b13-8-/t17-,19+,20+,24-/m1/s1. The highest BCUT2D eigenvalue weighted by Crippen LogP contribution is 2.39. The van der Waals surface area contributed by atoms with Gasteiger partial charge in [-0.25, -0.2) is 12.8 Å². The molecule has 1 aromatic carbocycles. The Labute approximate surface area is 231 Å². The van der Waals surface area contributed by atoms with Crippen molar-refractivity contribution in [2.45, 2.75) is 49.2 Å². The second-order valence-electron chi connectivity index (χ2n) is 10.1. The van der Waals surface area contributed by atoms with Crippen LogP contribution in [-0.2, 0) is 19.4 Å². The topological polar surface area (TPSA) is 86.8 Å². The Morgan fingerprint density at radius 2 is 1.92 bits per heavy atom. The molecule has 0 bridgehead atoms. The van der Waals surface area contributed by atoms with Crippen molar-refractivity contribution < 1.29 is 31.2 Å². The summed E-state index contributed by atoms with van der Waals surface area (Å²) in [6.07, 6.45) is 2.12. The van der Waals surface area contributed by atoms with Gasteiger partial charge in [0.1, 0.15) is 0 Å². The summed E-state index contributed by atoms with van der Waals surface area (Å²) >= 11 is 11.5. The van der Waals surface area contributed by atoms with Crippen molar-refractivity contribution in [3.63, 3.8) is 0 Å². The summed E-state index contributed by atoms with van der Waals surface area (Å²) in [5, 5.41) is 0.382. The zero-order chi connectivity index (χ0) is 28.3. The number of carbonyl (C=O) groups is 2. The SMILES string of the molecule is C[C@H](/C=C\S(C)(=O)=O)NC(=O)[C@@]1(F)CCCN(C(=O)[C@H]2CN(CC(F)(F)Cl)C[C@H]2c2ccccc2Cl)CC1. The van der Waals surface area contributed by atoms with Crippen LogP contribution in [0.1, 0.15) is 37.7 Å². The van der Waals surface area contributed by atoms with Crippen LogP contribution in [0.3, 0.4) is 0 Å². The van der Waals surface area contributed by atoms with Gasteiger partial charge in [0.25, 0.3) is 5.91 Å². The van der Waals surface area contributed by atoms with E-state index < -0.39 is 51.2 Å². The first-order chi connectivity index (χ1) is 17.6. The third-order valence-electron chi connectivity index (χ3n) is 6.89. The lowest BCUT2D eigenvalue weighted by molar-refractivity contribution is -0.137. The highest BCUT2D eigenvalue weighted by molar-refractivity contribution is 7.93. The van der Waals surface area contributed by atoms with E-state index >= 15 is 4.39 Å². The van der Waals surface area contributed by atoms with Gasteiger partial charge in [-0.2, -0.15) is 8.78 Å². The summed E-state index contributed by atoms with van der Waals surface area (Å²) in [6.45, 7) is 1.18. The lowest BCUT2D eigenvalue weighted by Gasteiger charge is -2.28. The molecule has 0 aromatic heterocycles. The third kappa shape index (κ3) is 8.34. The van der Waals surface area contributed by atoms with E-state index in [2.05, 4.69) is 5.32 Å². The molecule has 0 spiro atoms. The van der Waals surface area contributed by atoms with E-state index in [4.69, 9.17) is 23.2 Å². The van der Waals surface area contributed by atoms with E-state index in [-0.39, 0.29) is 51.3 Å². The molecule has 2 saturated heterocycles. The van der Waals surface area contributed by atoms with Crippen LogP contribution >= 0.6 is 23.2 Å². The molecule has 2 aliphatic heterocycles. The number of nitrogens with zero attached hydrogens (tertiary/aromatic N) is 2. The van der Waals surface area contributed by atoms with Crippen molar-refractivity contribution in [2.24, 2.45) is 5.92 Å². The van der Waals surface area contributed by atoms with Gasteiger partial charge < -0.3 is 10.2 Å². The van der Waals surface area contributed by atoms with Crippen LogP contribution in [0.2, 0.25) is 5.02 Å². The predicted molar refractivity (Wildman–Crippen MR) is 141 cm³/mol. The lowest BCUT2D eigenvalue weighted by Crippen LogP contribution is -2.47. The zero-order valence-corrected chi connectivity index (χ0v) is 23.5. The molecule has 1 N–H and O–H groups in total. The van der Waals surface area contributed by atoms with Crippen LogP contribution in [0.5, 0.6) is 0 Å². The molecule has 0 radical (unpaired) electrons. The van der Waals surface area contributed by atoms with Crippen molar-refractivity contribution in [1.82, 2.24) is 15.1 Å². The van der Waals surface area contributed by atoms with Gasteiger partial charge in [-0.3, -0.25) is 14.5 Å². The summed E-state index contributed by atoms with van der Waals surface area (Å²) in [5.74, 6) is -2.34. The normalized spacial score (nSPS) is 26.3. The average Bonchev–Trinajstić information content (AvgIpc) is 3.09.